The van der Waals surface area contributed by atoms with Gasteiger partial charge in [0.2, 0.25) is 5.91 Å². The number of carbonyl (C=O) groups is 2. The molecule has 2 aromatic rings. The molecule has 2 aliphatic rings. The Morgan fingerprint density at radius 2 is 1.88 bits per heavy atom. The van der Waals surface area contributed by atoms with Crippen LogP contribution in [0.2, 0.25) is 0 Å². The Morgan fingerprint density at radius 1 is 1.09 bits per heavy atom. The summed E-state index contributed by atoms with van der Waals surface area (Å²) >= 11 is 0. The summed E-state index contributed by atoms with van der Waals surface area (Å²) in [6, 6.07) is 13.1. The Labute approximate surface area is 188 Å². The maximum absolute atomic E-state index is 12.7. The number of hydrogen-bond acceptors (Lipinski definition) is 4. The molecule has 1 saturated heterocycles. The third-order valence-corrected chi connectivity index (χ3v) is 5.68. The van der Waals surface area contributed by atoms with Gasteiger partial charge in [-0.25, -0.2) is 4.79 Å². The Balaban J connectivity index is 1.25. The molecule has 7 heteroatoms. The number of urea groups is 1. The van der Waals surface area contributed by atoms with Crippen LogP contribution in [0.25, 0.3) is 6.08 Å². The van der Waals surface area contributed by atoms with Gasteiger partial charge < -0.3 is 25.0 Å². The predicted molar refractivity (Wildman–Crippen MR) is 124 cm³/mol. The molecule has 2 aliphatic heterocycles. The molecule has 32 heavy (non-hydrogen) atoms. The Hall–Kier alpha value is -3.48. The molecule has 3 amide bonds. The molecule has 168 valence electrons. The molecule has 2 aromatic carbocycles. The van der Waals surface area contributed by atoms with Gasteiger partial charge in [0.1, 0.15) is 13.2 Å². The first-order chi connectivity index (χ1) is 15.6. The van der Waals surface area contributed by atoms with Crippen LogP contribution in [0.5, 0.6) is 11.5 Å². The summed E-state index contributed by atoms with van der Waals surface area (Å²) in [5.41, 5.74) is 2.80. The summed E-state index contributed by atoms with van der Waals surface area (Å²) in [6.07, 6.45) is 5.32. The van der Waals surface area contributed by atoms with E-state index in [1.165, 1.54) is 0 Å². The minimum absolute atomic E-state index is 0.0197. The average Bonchev–Trinajstić information content (AvgIpc) is 2.83. The third-order valence-electron chi connectivity index (χ3n) is 5.68. The standard InChI is InChI=1S/C25H29N3O4/c1-18-4-8-21(9-5-18)27-25(30)26-16-20-3-2-12-28(17-20)24(29)11-7-19-6-10-22-23(15-19)32-14-13-31-22/h4-11,15,20H,2-3,12-14,16-17H2,1H3,(H2,26,27,30)/b11-7+. The summed E-state index contributed by atoms with van der Waals surface area (Å²) in [5.74, 6) is 1.66. The average molecular weight is 436 g/mol. The van der Waals surface area contributed by atoms with Gasteiger partial charge in [-0.05, 0) is 61.6 Å². The minimum Gasteiger partial charge on any atom is -0.486 e. The third kappa shape index (κ3) is 5.81. The number of anilines is 1. The van der Waals surface area contributed by atoms with E-state index in [9.17, 15) is 9.59 Å². The molecule has 0 aromatic heterocycles. The predicted octanol–water partition coefficient (Wildman–Crippen LogP) is 3.84. The summed E-state index contributed by atoms with van der Waals surface area (Å²) in [5, 5.41) is 5.77. The summed E-state index contributed by atoms with van der Waals surface area (Å²) in [4.78, 5) is 26.7. The molecule has 7 nitrogen and oxygen atoms in total. The van der Waals surface area contributed by atoms with Gasteiger partial charge in [0.25, 0.3) is 0 Å². The van der Waals surface area contributed by atoms with Crippen LogP contribution >= 0.6 is 0 Å². The first-order valence-corrected chi connectivity index (χ1v) is 11.0. The lowest BCUT2D eigenvalue weighted by Crippen LogP contribution is -2.43. The zero-order chi connectivity index (χ0) is 22.3. The van der Waals surface area contributed by atoms with Crippen molar-refractivity contribution in [1.29, 1.82) is 0 Å². The zero-order valence-electron chi connectivity index (χ0n) is 18.3. The number of amides is 3. The van der Waals surface area contributed by atoms with E-state index < -0.39 is 0 Å². The number of rotatable bonds is 5. The number of fused-ring (bicyclic) bond motifs is 1. The highest BCUT2D eigenvalue weighted by Crippen LogP contribution is 2.31. The quantitative estimate of drug-likeness (QED) is 0.700. The van der Waals surface area contributed by atoms with Crippen LogP contribution in [0.3, 0.4) is 0 Å². The highest BCUT2D eigenvalue weighted by molar-refractivity contribution is 5.92. The highest BCUT2D eigenvalue weighted by atomic mass is 16.6. The first kappa shape index (κ1) is 21.7. The highest BCUT2D eigenvalue weighted by Gasteiger charge is 2.23. The Bertz CT molecular complexity index is 987. The fourth-order valence-electron chi connectivity index (χ4n) is 3.92. The molecule has 2 heterocycles. The van der Waals surface area contributed by atoms with Crippen molar-refractivity contribution in [2.75, 3.05) is 38.2 Å². The molecule has 0 spiro atoms. The van der Waals surface area contributed by atoms with Crippen molar-refractivity contribution >= 4 is 23.7 Å². The number of hydrogen-bond donors (Lipinski definition) is 2. The van der Waals surface area contributed by atoms with Crippen LogP contribution in [0, 0.1) is 12.8 Å². The van der Waals surface area contributed by atoms with E-state index in [0.717, 1.165) is 42.0 Å². The summed E-state index contributed by atoms with van der Waals surface area (Å²) in [6.45, 7) is 4.99. The Morgan fingerprint density at radius 3 is 2.69 bits per heavy atom. The van der Waals surface area contributed by atoms with Crippen LogP contribution in [0.4, 0.5) is 10.5 Å². The van der Waals surface area contributed by atoms with Crippen LogP contribution in [0.1, 0.15) is 24.0 Å². The number of aryl methyl sites for hydroxylation is 1. The van der Waals surface area contributed by atoms with Crippen LogP contribution < -0.4 is 20.1 Å². The number of nitrogens with one attached hydrogen (secondary N) is 2. The van der Waals surface area contributed by atoms with E-state index in [2.05, 4.69) is 10.6 Å². The van der Waals surface area contributed by atoms with E-state index in [1.54, 1.807) is 12.2 Å². The molecule has 1 unspecified atom stereocenters. The number of benzene rings is 2. The lowest BCUT2D eigenvalue weighted by molar-refractivity contribution is -0.127. The Kier molecular flexibility index (Phi) is 6.94. The smallest absolute Gasteiger partial charge is 0.319 e. The largest absolute Gasteiger partial charge is 0.486 e. The SMILES string of the molecule is Cc1ccc(NC(=O)NCC2CCCN(C(=O)/C=C/c3ccc4c(c3)OCCO4)C2)cc1. The zero-order valence-corrected chi connectivity index (χ0v) is 18.3. The number of nitrogens with zero attached hydrogens (tertiary/aromatic N) is 1. The van der Waals surface area contributed by atoms with Crippen molar-refractivity contribution in [1.82, 2.24) is 10.2 Å². The van der Waals surface area contributed by atoms with Gasteiger partial charge in [-0.15, -0.1) is 0 Å². The second kappa shape index (κ2) is 10.2. The number of ether oxygens (including phenoxy) is 2. The fourth-order valence-corrected chi connectivity index (χ4v) is 3.92. The molecular formula is C25H29N3O4. The van der Waals surface area contributed by atoms with E-state index in [4.69, 9.17) is 9.47 Å². The van der Waals surface area contributed by atoms with Gasteiger partial charge >= 0.3 is 6.03 Å². The molecule has 1 atom stereocenters. The monoisotopic (exact) mass is 435 g/mol. The molecule has 0 bridgehead atoms. The van der Waals surface area contributed by atoms with Crippen molar-refractivity contribution in [3.05, 3.63) is 59.7 Å². The van der Waals surface area contributed by atoms with Gasteiger partial charge in [0.15, 0.2) is 11.5 Å². The van der Waals surface area contributed by atoms with E-state index in [-0.39, 0.29) is 17.9 Å². The topological polar surface area (TPSA) is 79.9 Å². The molecule has 4 rings (SSSR count). The molecule has 0 radical (unpaired) electrons. The maximum atomic E-state index is 12.7. The van der Waals surface area contributed by atoms with Crippen molar-refractivity contribution in [2.24, 2.45) is 5.92 Å². The number of piperidine rings is 1. The van der Waals surface area contributed by atoms with Crippen molar-refractivity contribution in [3.63, 3.8) is 0 Å². The lowest BCUT2D eigenvalue weighted by atomic mass is 9.98. The normalized spacial score (nSPS) is 17.8. The van der Waals surface area contributed by atoms with Gasteiger partial charge in [-0.3, -0.25) is 4.79 Å². The first-order valence-electron chi connectivity index (χ1n) is 11.0. The molecule has 0 aliphatic carbocycles. The minimum atomic E-state index is -0.226. The fraction of sp³-hybridized carbons (Fsp3) is 0.360. The maximum Gasteiger partial charge on any atom is 0.319 e. The van der Waals surface area contributed by atoms with E-state index in [1.807, 2.05) is 54.3 Å². The van der Waals surface area contributed by atoms with Gasteiger partial charge in [-0.1, -0.05) is 23.8 Å². The second-order valence-electron chi connectivity index (χ2n) is 8.23. The molecular weight excluding hydrogens is 406 g/mol. The lowest BCUT2D eigenvalue weighted by Gasteiger charge is -2.32. The van der Waals surface area contributed by atoms with Gasteiger partial charge in [0.05, 0.1) is 0 Å². The summed E-state index contributed by atoms with van der Waals surface area (Å²) in [7, 11) is 0. The van der Waals surface area contributed by atoms with Crippen molar-refractivity contribution < 1.29 is 19.1 Å². The van der Waals surface area contributed by atoms with Crippen molar-refractivity contribution in [2.45, 2.75) is 19.8 Å². The van der Waals surface area contributed by atoms with Gasteiger partial charge in [0, 0.05) is 31.4 Å². The number of carbonyl (C=O) groups excluding carboxylic acids is 2. The van der Waals surface area contributed by atoms with Crippen LogP contribution in [-0.2, 0) is 4.79 Å². The van der Waals surface area contributed by atoms with Crippen LogP contribution in [-0.4, -0.2) is 49.7 Å². The molecule has 2 N–H and O–H groups in total. The van der Waals surface area contributed by atoms with Crippen LogP contribution in [0.15, 0.2) is 48.5 Å². The van der Waals surface area contributed by atoms with Gasteiger partial charge in [-0.2, -0.15) is 0 Å². The van der Waals surface area contributed by atoms with Crippen molar-refractivity contribution in [3.8, 4) is 11.5 Å². The number of likely N-dealkylation sites (tertiary alicyclic amines) is 1. The van der Waals surface area contributed by atoms with E-state index >= 15 is 0 Å². The molecule has 0 saturated carbocycles. The molecule has 1 fully saturated rings. The van der Waals surface area contributed by atoms with E-state index in [0.29, 0.717) is 32.1 Å². The second-order valence-corrected chi connectivity index (χ2v) is 8.23. The summed E-state index contributed by atoms with van der Waals surface area (Å²) < 4.78 is 11.1.